The summed E-state index contributed by atoms with van der Waals surface area (Å²) >= 11 is 0. The molecule has 3 aromatic rings. The molecule has 0 aliphatic rings. The minimum atomic E-state index is -0.407. The predicted molar refractivity (Wildman–Crippen MR) is 92.0 cm³/mol. The molecule has 0 saturated heterocycles. The van der Waals surface area contributed by atoms with Gasteiger partial charge in [0.1, 0.15) is 17.3 Å². The van der Waals surface area contributed by atoms with Gasteiger partial charge in [0, 0.05) is 12.3 Å². The van der Waals surface area contributed by atoms with Crippen molar-refractivity contribution < 1.29 is 18.8 Å². The van der Waals surface area contributed by atoms with Crippen molar-refractivity contribution in [1.82, 2.24) is 10.1 Å². The van der Waals surface area contributed by atoms with Gasteiger partial charge in [-0.3, -0.25) is 4.79 Å². The number of hydrogen-bond acceptors (Lipinski definition) is 6. The van der Waals surface area contributed by atoms with Crippen LogP contribution in [0.25, 0.3) is 11.3 Å². The lowest BCUT2D eigenvalue weighted by Gasteiger charge is -2.07. The van der Waals surface area contributed by atoms with Crippen LogP contribution in [0.4, 0.5) is 5.82 Å². The lowest BCUT2D eigenvalue weighted by molar-refractivity contribution is 0.101. The number of anilines is 1. The Morgan fingerprint density at radius 1 is 1.12 bits per heavy atom. The predicted octanol–water partition coefficient (Wildman–Crippen LogP) is 3.31. The Morgan fingerprint density at radius 3 is 2.68 bits per heavy atom. The van der Waals surface area contributed by atoms with Gasteiger partial charge in [0.05, 0.1) is 19.8 Å². The summed E-state index contributed by atoms with van der Waals surface area (Å²) in [5.41, 5.74) is 1.78. The summed E-state index contributed by atoms with van der Waals surface area (Å²) in [6.45, 7) is 1.92. The monoisotopic (exact) mass is 339 g/mol. The largest absolute Gasteiger partial charge is 0.497 e. The number of aromatic nitrogens is 2. The summed E-state index contributed by atoms with van der Waals surface area (Å²) < 4.78 is 15.8. The molecule has 1 aromatic carbocycles. The van der Waals surface area contributed by atoms with Crippen molar-refractivity contribution in [3.63, 3.8) is 0 Å². The summed E-state index contributed by atoms with van der Waals surface area (Å²) in [6, 6.07) is 10.4. The zero-order valence-electron chi connectivity index (χ0n) is 14.1. The zero-order valence-corrected chi connectivity index (χ0v) is 14.1. The molecule has 0 radical (unpaired) electrons. The van der Waals surface area contributed by atoms with Crippen LogP contribution in [0.2, 0.25) is 0 Å². The van der Waals surface area contributed by atoms with E-state index in [2.05, 4.69) is 15.5 Å². The first-order valence-corrected chi connectivity index (χ1v) is 7.54. The van der Waals surface area contributed by atoms with Crippen molar-refractivity contribution in [3.05, 3.63) is 53.9 Å². The average Bonchev–Trinajstić information content (AvgIpc) is 3.11. The van der Waals surface area contributed by atoms with Crippen LogP contribution in [0.5, 0.6) is 11.5 Å². The molecule has 1 amide bonds. The molecule has 25 heavy (non-hydrogen) atoms. The fraction of sp³-hybridized carbons (Fsp3) is 0.167. The standard InChI is InChI=1S/C18H17N3O4/c1-11-6-7-19-17(8-11)20-18(22)14-10-16(25-21-14)13-9-12(23-2)4-5-15(13)24-3/h4-10H,1-3H3,(H,19,20,22). The van der Waals surface area contributed by atoms with E-state index in [-0.39, 0.29) is 5.69 Å². The topological polar surface area (TPSA) is 86.5 Å². The highest BCUT2D eigenvalue weighted by Crippen LogP contribution is 2.33. The number of amides is 1. The second-order valence-corrected chi connectivity index (χ2v) is 5.32. The smallest absolute Gasteiger partial charge is 0.279 e. The molecule has 7 nitrogen and oxygen atoms in total. The van der Waals surface area contributed by atoms with E-state index >= 15 is 0 Å². The molecule has 128 valence electrons. The van der Waals surface area contributed by atoms with E-state index in [1.807, 2.05) is 13.0 Å². The van der Waals surface area contributed by atoms with E-state index in [9.17, 15) is 4.79 Å². The van der Waals surface area contributed by atoms with E-state index in [1.54, 1.807) is 50.7 Å². The molecular formula is C18H17N3O4. The van der Waals surface area contributed by atoms with Crippen molar-refractivity contribution in [3.8, 4) is 22.8 Å². The molecule has 0 atom stereocenters. The van der Waals surface area contributed by atoms with Gasteiger partial charge in [-0.25, -0.2) is 4.98 Å². The molecule has 0 aliphatic carbocycles. The summed E-state index contributed by atoms with van der Waals surface area (Å²) in [7, 11) is 3.12. The van der Waals surface area contributed by atoms with E-state index in [1.165, 1.54) is 0 Å². The van der Waals surface area contributed by atoms with Crippen LogP contribution in [-0.4, -0.2) is 30.3 Å². The van der Waals surface area contributed by atoms with Crippen molar-refractivity contribution in [2.45, 2.75) is 6.92 Å². The minimum absolute atomic E-state index is 0.142. The lowest BCUT2D eigenvalue weighted by atomic mass is 10.1. The fourth-order valence-electron chi connectivity index (χ4n) is 2.30. The van der Waals surface area contributed by atoms with Crippen LogP contribution < -0.4 is 14.8 Å². The van der Waals surface area contributed by atoms with Crippen LogP contribution >= 0.6 is 0 Å². The molecule has 1 N–H and O–H groups in total. The van der Waals surface area contributed by atoms with Gasteiger partial charge in [0.2, 0.25) is 0 Å². The van der Waals surface area contributed by atoms with E-state index in [0.29, 0.717) is 28.6 Å². The fourth-order valence-corrected chi connectivity index (χ4v) is 2.30. The maximum atomic E-state index is 12.3. The third-order valence-electron chi connectivity index (χ3n) is 3.57. The van der Waals surface area contributed by atoms with E-state index < -0.39 is 5.91 Å². The number of aryl methyl sites for hydroxylation is 1. The van der Waals surface area contributed by atoms with Crippen molar-refractivity contribution >= 4 is 11.7 Å². The normalized spacial score (nSPS) is 10.4. The van der Waals surface area contributed by atoms with Crippen LogP contribution in [-0.2, 0) is 0 Å². The summed E-state index contributed by atoms with van der Waals surface area (Å²) in [4.78, 5) is 16.4. The van der Waals surface area contributed by atoms with Crippen molar-refractivity contribution in [1.29, 1.82) is 0 Å². The van der Waals surface area contributed by atoms with Crippen LogP contribution in [0.15, 0.2) is 47.1 Å². The van der Waals surface area contributed by atoms with Gasteiger partial charge in [-0.15, -0.1) is 0 Å². The summed E-state index contributed by atoms with van der Waals surface area (Å²) in [6.07, 6.45) is 1.63. The second kappa shape index (κ2) is 7.04. The average molecular weight is 339 g/mol. The molecule has 2 heterocycles. The highest BCUT2D eigenvalue weighted by molar-refractivity contribution is 6.02. The first kappa shape index (κ1) is 16.5. The molecule has 0 spiro atoms. The van der Waals surface area contributed by atoms with E-state index in [0.717, 1.165) is 5.56 Å². The molecule has 0 unspecified atom stereocenters. The Labute approximate surface area is 144 Å². The maximum Gasteiger partial charge on any atom is 0.279 e. The van der Waals surface area contributed by atoms with Gasteiger partial charge in [-0.2, -0.15) is 0 Å². The third-order valence-corrected chi connectivity index (χ3v) is 3.57. The Morgan fingerprint density at radius 2 is 1.96 bits per heavy atom. The minimum Gasteiger partial charge on any atom is -0.497 e. The molecule has 0 aliphatic heterocycles. The molecule has 3 rings (SSSR count). The summed E-state index contributed by atoms with van der Waals surface area (Å²) in [5.74, 6) is 1.67. The quantitative estimate of drug-likeness (QED) is 0.767. The molecular weight excluding hydrogens is 322 g/mol. The number of hydrogen-bond donors (Lipinski definition) is 1. The first-order valence-electron chi connectivity index (χ1n) is 7.54. The number of pyridine rings is 1. The molecule has 2 aromatic heterocycles. The van der Waals surface area contributed by atoms with Crippen LogP contribution in [0, 0.1) is 6.92 Å². The lowest BCUT2D eigenvalue weighted by Crippen LogP contribution is -2.13. The highest BCUT2D eigenvalue weighted by Gasteiger charge is 2.17. The number of carbonyl (C=O) groups is 1. The Bertz CT molecular complexity index is 905. The van der Waals surface area contributed by atoms with Crippen LogP contribution in [0.3, 0.4) is 0 Å². The van der Waals surface area contributed by atoms with Crippen molar-refractivity contribution in [2.75, 3.05) is 19.5 Å². The number of nitrogens with zero attached hydrogens (tertiary/aromatic N) is 2. The highest BCUT2D eigenvalue weighted by atomic mass is 16.5. The number of rotatable bonds is 5. The molecule has 0 fully saturated rings. The van der Waals surface area contributed by atoms with Gasteiger partial charge >= 0.3 is 0 Å². The third kappa shape index (κ3) is 3.60. The number of benzene rings is 1. The SMILES string of the molecule is COc1ccc(OC)c(-c2cc(C(=O)Nc3cc(C)ccn3)no2)c1. The second-order valence-electron chi connectivity index (χ2n) is 5.32. The molecule has 0 saturated carbocycles. The maximum absolute atomic E-state index is 12.3. The van der Waals surface area contributed by atoms with Gasteiger partial charge in [0.25, 0.3) is 5.91 Å². The molecule has 7 heteroatoms. The van der Waals surface area contributed by atoms with E-state index in [4.69, 9.17) is 14.0 Å². The Kier molecular flexibility index (Phi) is 4.65. The Hall–Kier alpha value is -3.35. The summed E-state index contributed by atoms with van der Waals surface area (Å²) in [5, 5.41) is 6.52. The van der Waals surface area contributed by atoms with Gasteiger partial charge < -0.3 is 19.3 Å². The number of methoxy groups -OCH3 is 2. The first-order chi connectivity index (χ1) is 12.1. The molecule has 0 bridgehead atoms. The van der Waals surface area contributed by atoms with Crippen LogP contribution in [0.1, 0.15) is 16.1 Å². The number of nitrogens with one attached hydrogen (secondary N) is 1. The number of ether oxygens (including phenoxy) is 2. The van der Waals surface area contributed by atoms with Gasteiger partial charge in [0.15, 0.2) is 11.5 Å². The zero-order chi connectivity index (χ0) is 17.8. The number of carbonyl (C=O) groups excluding carboxylic acids is 1. The van der Waals surface area contributed by atoms with Gasteiger partial charge in [-0.05, 0) is 42.8 Å². The van der Waals surface area contributed by atoms with Crippen molar-refractivity contribution in [2.24, 2.45) is 0 Å². The van der Waals surface area contributed by atoms with Gasteiger partial charge in [-0.1, -0.05) is 5.16 Å². The Balaban J connectivity index is 1.86.